The zero-order chi connectivity index (χ0) is 20.6. The highest BCUT2D eigenvalue weighted by Gasteiger charge is 2.17. The standard InChI is InChI=1S/C22H30N2O4S/c1-15-18(13-29-14-21(25)23-17-8-6-4-5-7-9-17)24-22(28-15)16-10-11-19(26-2)20(12-16)27-3/h10-12,17H,4-9,13-14H2,1-3H3,(H,23,25). The van der Waals surface area contributed by atoms with Crippen molar-refractivity contribution in [3.63, 3.8) is 0 Å². The average Bonchev–Trinajstić information content (AvgIpc) is 2.91. The zero-order valence-electron chi connectivity index (χ0n) is 17.5. The van der Waals surface area contributed by atoms with Gasteiger partial charge in [0.25, 0.3) is 0 Å². The fraction of sp³-hybridized carbons (Fsp3) is 0.545. The SMILES string of the molecule is COc1ccc(-c2nc(CSCC(=O)NC3CCCCCC3)c(C)o2)cc1OC. The number of rotatable bonds is 8. The maximum atomic E-state index is 12.3. The van der Waals surface area contributed by atoms with Crippen LogP contribution in [0.2, 0.25) is 0 Å². The fourth-order valence-electron chi connectivity index (χ4n) is 3.59. The number of methoxy groups -OCH3 is 2. The quantitative estimate of drug-likeness (QED) is 0.624. The number of hydrogen-bond donors (Lipinski definition) is 1. The molecule has 1 fully saturated rings. The number of thioether (sulfide) groups is 1. The molecule has 0 spiro atoms. The van der Waals surface area contributed by atoms with Crippen molar-refractivity contribution in [2.24, 2.45) is 0 Å². The van der Waals surface area contributed by atoms with Crippen LogP contribution in [0.1, 0.15) is 50.0 Å². The first-order chi connectivity index (χ1) is 14.1. The molecule has 3 rings (SSSR count). The van der Waals surface area contributed by atoms with Gasteiger partial charge in [0, 0.05) is 17.4 Å². The summed E-state index contributed by atoms with van der Waals surface area (Å²) in [4.78, 5) is 16.9. The molecule has 0 saturated heterocycles. The van der Waals surface area contributed by atoms with Gasteiger partial charge in [-0.2, -0.15) is 0 Å². The molecule has 0 bridgehead atoms. The maximum Gasteiger partial charge on any atom is 0.230 e. The Balaban J connectivity index is 1.54. The Bertz CT molecular complexity index is 813. The van der Waals surface area contributed by atoms with Gasteiger partial charge in [0.2, 0.25) is 11.8 Å². The summed E-state index contributed by atoms with van der Waals surface area (Å²) in [6.07, 6.45) is 7.22. The number of oxazole rings is 1. The highest BCUT2D eigenvalue weighted by molar-refractivity contribution is 7.99. The van der Waals surface area contributed by atoms with Crippen LogP contribution in [-0.2, 0) is 10.5 Å². The predicted octanol–water partition coefficient (Wildman–Crippen LogP) is 4.74. The third kappa shape index (κ3) is 5.92. The molecule has 1 aliphatic rings. The summed E-state index contributed by atoms with van der Waals surface area (Å²) in [5, 5.41) is 3.18. The summed E-state index contributed by atoms with van der Waals surface area (Å²) in [6, 6.07) is 5.92. The van der Waals surface area contributed by atoms with Crippen LogP contribution in [0, 0.1) is 6.92 Å². The Morgan fingerprint density at radius 1 is 1.17 bits per heavy atom. The van der Waals surface area contributed by atoms with Gasteiger partial charge in [-0.05, 0) is 38.0 Å². The molecule has 1 aromatic heterocycles. The molecule has 0 radical (unpaired) electrons. The van der Waals surface area contributed by atoms with Crippen LogP contribution < -0.4 is 14.8 Å². The highest BCUT2D eigenvalue weighted by Crippen LogP contribution is 2.33. The lowest BCUT2D eigenvalue weighted by molar-refractivity contribution is -0.119. The van der Waals surface area contributed by atoms with Gasteiger partial charge < -0.3 is 19.2 Å². The molecule has 1 amide bonds. The average molecular weight is 419 g/mol. The van der Waals surface area contributed by atoms with E-state index in [1.165, 1.54) is 25.7 Å². The minimum Gasteiger partial charge on any atom is -0.493 e. The fourth-order valence-corrected chi connectivity index (χ4v) is 4.42. The van der Waals surface area contributed by atoms with Gasteiger partial charge in [0.1, 0.15) is 5.76 Å². The van der Waals surface area contributed by atoms with E-state index in [0.29, 0.717) is 34.9 Å². The highest BCUT2D eigenvalue weighted by atomic mass is 32.2. The number of nitrogens with zero attached hydrogens (tertiary/aromatic N) is 1. The summed E-state index contributed by atoms with van der Waals surface area (Å²) in [5.41, 5.74) is 1.69. The Morgan fingerprint density at radius 3 is 2.59 bits per heavy atom. The molecule has 1 saturated carbocycles. The van der Waals surface area contributed by atoms with Gasteiger partial charge in [-0.3, -0.25) is 4.79 Å². The number of hydrogen-bond acceptors (Lipinski definition) is 6. The summed E-state index contributed by atoms with van der Waals surface area (Å²) in [6.45, 7) is 1.90. The Kier molecular flexibility index (Phi) is 7.86. The summed E-state index contributed by atoms with van der Waals surface area (Å²) in [7, 11) is 3.21. The number of carbonyl (C=O) groups excluding carboxylic acids is 1. The third-order valence-corrected chi connectivity index (χ3v) is 6.16. The van der Waals surface area contributed by atoms with E-state index in [0.717, 1.165) is 29.9 Å². The van der Waals surface area contributed by atoms with Crippen LogP contribution in [0.3, 0.4) is 0 Å². The topological polar surface area (TPSA) is 73.6 Å². The van der Waals surface area contributed by atoms with Gasteiger partial charge in [0.05, 0.1) is 25.7 Å². The van der Waals surface area contributed by atoms with Gasteiger partial charge in [0.15, 0.2) is 11.5 Å². The lowest BCUT2D eigenvalue weighted by atomic mass is 10.1. The van der Waals surface area contributed by atoms with E-state index in [1.807, 2.05) is 25.1 Å². The molecule has 2 aromatic rings. The van der Waals surface area contributed by atoms with Gasteiger partial charge in [-0.25, -0.2) is 4.98 Å². The molecule has 0 aliphatic heterocycles. The molecule has 29 heavy (non-hydrogen) atoms. The van der Waals surface area contributed by atoms with Crippen molar-refractivity contribution in [2.75, 3.05) is 20.0 Å². The molecular weight excluding hydrogens is 388 g/mol. The van der Waals surface area contributed by atoms with Crippen LogP contribution in [-0.4, -0.2) is 36.9 Å². The van der Waals surface area contributed by atoms with Crippen molar-refractivity contribution in [2.45, 2.75) is 57.2 Å². The second-order valence-electron chi connectivity index (χ2n) is 7.34. The van der Waals surface area contributed by atoms with Crippen molar-refractivity contribution in [1.29, 1.82) is 0 Å². The Labute approximate surface area is 176 Å². The van der Waals surface area contributed by atoms with E-state index < -0.39 is 0 Å². The van der Waals surface area contributed by atoms with E-state index >= 15 is 0 Å². The first kappa shape index (κ1) is 21.6. The molecule has 1 aliphatic carbocycles. The first-order valence-electron chi connectivity index (χ1n) is 10.2. The lowest BCUT2D eigenvalue weighted by Crippen LogP contribution is -2.35. The van der Waals surface area contributed by atoms with Crippen LogP contribution in [0.4, 0.5) is 0 Å². The molecule has 158 valence electrons. The van der Waals surface area contributed by atoms with Gasteiger partial charge >= 0.3 is 0 Å². The van der Waals surface area contributed by atoms with Crippen LogP contribution in [0.25, 0.3) is 11.5 Å². The summed E-state index contributed by atoms with van der Waals surface area (Å²) < 4.78 is 16.5. The molecule has 7 heteroatoms. The second-order valence-corrected chi connectivity index (χ2v) is 8.33. The summed E-state index contributed by atoms with van der Waals surface area (Å²) >= 11 is 1.57. The van der Waals surface area contributed by atoms with Crippen molar-refractivity contribution in [1.82, 2.24) is 10.3 Å². The van der Waals surface area contributed by atoms with E-state index in [-0.39, 0.29) is 5.91 Å². The molecule has 0 atom stereocenters. The monoisotopic (exact) mass is 418 g/mol. The lowest BCUT2D eigenvalue weighted by Gasteiger charge is -2.15. The normalized spacial score (nSPS) is 15.0. The minimum atomic E-state index is 0.114. The molecule has 1 aromatic carbocycles. The van der Waals surface area contributed by atoms with Crippen molar-refractivity contribution < 1.29 is 18.7 Å². The number of amides is 1. The van der Waals surface area contributed by atoms with Gasteiger partial charge in [-0.1, -0.05) is 25.7 Å². The molecule has 1 heterocycles. The number of aryl methyl sites for hydroxylation is 1. The largest absolute Gasteiger partial charge is 0.493 e. The van der Waals surface area contributed by atoms with Crippen LogP contribution in [0.15, 0.2) is 22.6 Å². The minimum absolute atomic E-state index is 0.114. The van der Waals surface area contributed by atoms with E-state index in [1.54, 1.807) is 26.0 Å². The van der Waals surface area contributed by atoms with Gasteiger partial charge in [-0.15, -0.1) is 11.8 Å². The number of nitrogens with one attached hydrogen (secondary N) is 1. The van der Waals surface area contributed by atoms with Crippen molar-refractivity contribution in [3.8, 4) is 23.0 Å². The predicted molar refractivity (Wildman–Crippen MR) is 116 cm³/mol. The maximum absolute atomic E-state index is 12.3. The van der Waals surface area contributed by atoms with Crippen molar-refractivity contribution >= 4 is 17.7 Å². The summed E-state index contributed by atoms with van der Waals surface area (Å²) in [5.74, 6) is 3.80. The van der Waals surface area contributed by atoms with Crippen molar-refractivity contribution in [3.05, 3.63) is 29.7 Å². The smallest absolute Gasteiger partial charge is 0.230 e. The van der Waals surface area contributed by atoms with Crippen LogP contribution >= 0.6 is 11.8 Å². The number of benzene rings is 1. The number of aromatic nitrogens is 1. The zero-order valence-corrected chi connectivity index (χ0v) is 18.3. The van der Waals surface area contributed by atoms with E-state index in [4.69, 9.17) is 13.9 Å². The Morgan fingerprint density at radius 2 is 1.90 bits per heavy atom. The molecular formula is C22H30N2O4S. The first-order valence-corrected chi connectivity index (χ1v) is 11.3. The molecule has 1 N–H and O–H groups in total. The van der Waals surface area contributed by atoms with Crippen LogP contribution in [0.5, 0.6) is 11.5 Å². The Hall–Kier alpha value is -2.15. The van der Waals surface area contributed by atoms with E-state index in [2.05, 4.69) is 10.3 Å². The molecule has 6 nitrogen and oxygen atoms in total. The van der Waals surface area contributed by atoms with E-state index in [9.17, 15) is 4.79 Å². The number of carbonyl (C=O) groups is 1. The number of ether oxygens (including phenoxy) is 2. The third-order valence-electron chi connectivity index (χ3n) is 5.22. The molecule has 0 unspecified atom stereocenters. The second kappa shape index (κ2) is 10.6.